The number of ether oxygens (including phenoxy) is 1. The predicted octanol–water partition coefficient (Wildman–Crippen LogP) is 2.93. The Bertz CT molecular complexity index is 1210. The molecule has 1 N–H and O–H groups in total. The van der Waals surface area contributed by atoms with Gasteiger partial charge in [0, 0.05) is 30.6 Å². The zero-order valence-corrected chi connectivity index (χ0v) is 18.5. The van der Waals surface area contributed by atoms with E-state index in [0.717, 1.165) is 27.7 Å². The van der Waals surface area contributed by atoms with Crippen LogP contribution in [0.25, 0.3) is 11.0 Å². The summed E-state index contributed by atoms with van der Waals surface area (Å²) in [6.45, 7) is 5.60. The molecule has 1 aliphatic heterocycles. The first-order chi connectivity index (χ1) is 14.9. The summed E-state index contributed by atoms with van der Waals surface area (Å²) in [5.41, 5.74) is 4.40. The van der Waals surface area contributed by atoms with Crippen LogP contribution >= 0.6 is 0 Å². The second-order valence-corrected chi connectivity index (χ2v) is 9.68. The van der Waals surface area contributed by atoms with Gasteiger partial charge in [-0.05, 0) is 48.7 Å². The van der Waals surface area contributed by atoms with Crippen molar-refractivity contribution in [2.45, 2.75) is 31.7 Å². The summed E-state index contributed by atoms with van der Waals surface area (Å²) in [6, 6.07) is 10.8. The molecule has 2 aromatic carbocycles. The third kappa shape index (κ3) is 4.51. The van der Waals surface area contributed by atoms with E-state index in [-0.39, 0.29) is 23.8 Å². The van der Waals surface area contributed by atoms with Crippen LogP contribution in [0.15, 0.2) is 52.0 Å². The molecule has 1 fully saturated rings. The second-order valence-electron chi connectivity index (χ2n) is 7.77. The molecule has 0 atom stereocenters. The van der Waals surface area contributed by atoms with Crippen LogP contribution in [0.2, 0.25) is 0 Å². The first-order valence-corrected chi connectivity index (χ1v) is 11.7. The highest BCUT2D eigenvalue weighted by Crippen LogP contribution is 2.25. The largest absolute Gasteiger partial charge is 0.464 e. The van der Waals surface area contributed by atoms with E-state index in [2.05, 4.69) is 5.32 Å². The van der Waals surface area contributed by atoms with Gasteiger partial charge < -0.3 is 14.5 Å². The lowest BCUT2D eigenvalue weighted by Gasteiger charge is -2.27. The highest BCUT2D eigenvalue weighted by molar-refractivity contribution is 7.89. The lowest BCUT2D eigenvalue weighted by atomic mass is 10.0. The van der Waals surface area contributed by atoms with Gasteiger partial charge in [-0.1, -0.05) is 18.2 Å². The molecule has 2 heterocycles. The summed E-state index contributed by atoms with van der Waals surface area (Å²) in [7, 11) is -3.64. The lowest BCUT2D eigenvalue weighted by Crippen LogP contribution is -2.41. The van der Waals surface area contributed by atoms with Gasteiger partial charge in [-0.25, -0.2) is 8.42 Å². The number of nitrogens with zero attached hydrogens (tertiary/aromatic N) is 1. The van der Waals surface area contributed by atoms with Gasteiger partial charge in [0.05, 0.1) is 30.8 Å². The SMILES string of the molecule is Cc1cc2occ(CC(=O)NCc3ccccc3S(=O)(=O)N3CCOCC3)c2cc1C. The number of nitrogens with one attached hydrogen (secondary N) is 1. The Kier molecular flexibility index (Phi) is 6.13. The van der Waals surface area contributed by atoms with Crippen LogP contribution in [0.1, 0.15) is 22.3 Å². The molecule has 0 aliphatic carbocycles. The molecule has 0 spiro atoms. The predicted molar refractivity (Wildman–Crippen MR) is 117 cm³/mol. The van der Waals surface area contributed by atoms with Crippen molar-refractivity contribution in [3.05, 3.63) is 64.9 Å². The fourth-order valence-electron chi connectivity index (χ4n) is 3.73. The van der Waals surface area contributed by atoms with Crippen LogP contribution in [0.4, 0.5) is 0 Å². The molecular formula is C23H26N2O5S. The molecular weight excluding hydrogens is 416 g/mol. The summed E-state index contributed by atoms with van der Waals surface area (Å²) in [4.78, 5) is 12.8. The van der Waals surface area contributed by atoms with Gasteiger partial charge in [0.1, 0.15) is 5.58 Å². The number of carbonyl (C=O) groups excluding carboxylic acids is 1. The smallest absolute Gasteiger partial charge is 0.243 e. The maximum absolute atomic E-state index is 13.1. The summed E-state index contributed by atoms with van der Waals surface area (Å²) < 4.78 is 38.4. The Morgan fingerprint density at radius 2 is 1.77 bits per heavy atom. The van der Waals surface area contributed by atoms with Crippen LogP contribution in [0, 0.1) is 13.8 Å². The van der Waals surface area contributed by atoms with Crippen LogP contribution in [0.3, 0.4) is 0 Å². The van der Waals surface area contributed by atoms with E-state index in [9.17, 15) is 13.2 Å². The number of furan rings is 1. The Labute approximate surface area is 182 Å². The Hall–Kier alpha value is -2.68. The van der Waals surface area contributed by atoms with E-state index in [1.165, 1.54) is 4.31 Å². The number of hydrogen-bond acceptors (Lipinski definition) is 5. The topological polar surface area (TPSA) is 88.8 Å². The molecule has 1 saturated heterocycles. The monoisotopic (exact) mass is 442 g/mol. The first-order valence-electron chi connectivity index (χ1n) is 10.3. The number of benzene rings is 2. The molecule has 7 nitrogen and oxygen atoms in total. The Morgan fingerprint density at radius 3 is 2.55 bits per heavy atom. The fourth-order valence-corrected chi connectivity index (χ4v) is 5.36. The number of amides is 1. The van der Waals surface area contributed by atoms with E-state index in [0.29, 0.717) is 31.9 Å². The number of rotatable bonds is 6. The third-order valence-electron chi connectivity index (χ3n) is 5.66. The maximum atomic E-state index is 13.1. The summed E-state index contributed by atoms with van der Waals surface area (Å²) in [6.07, 6.45) is 1.77. The van der Waals surface area contributed by atoms with Gasteiger partial charge in [-0.15, -0.1) is 0 Å². The van der Waals surface area contributed by atoms with Crippen molar-refractivity contribution in [3.63, 3.8) is 0 Å². The number of morpholine rings is 1. The molecule has 0 unspecified atom stereocenters. The molecule has 0 saturated carbocycles. The molecule has 3 aromatic rings. The van der Waals surface area contributed by atoms with E-state index in [4.69, 9.17) is 9.15 Å². The van der Waals surface area contributed by atoms with Crippen molar-refractivity contribution in [2.75, 3.05) is 26.3 Å². The van der Waals surface area contributed by atoms with Crippen LogP contribution in [-0.4, -0.2) is 44.9 Å². The van der Waals surface area contributed by atoms with E-state index < -0.39 is 10.0 Å². The normalized spacial score (nSPS) is 15.3. The first kappa shape index (κ1) is 21.5. The van der Waals surface area contributed by atoms with Crippen molar-refractivity contribution >= 4 is 26.9 Å². The van der Waals surface area contributed by atoms with Crippen molar-refractivity contribution in [2.24, 2.45) is 0 Å². The van der Waals surface area contributed by atoms with Gasteiger partial charge in [-0.2, -0.15) is 4.31 Å². The minimum absolute atomic E-state index is 0.131. The maximum Gasteiger partial charge on any atom is 0.243 e. The second kappa shape index (κ2) is 8.82. The Morgan fingerprint density at radius 1 is 1.06 bits per heavy atom. The molecule has 0 bridgehead atoms. The average Bonchev–Trinajstić information content (AvgIpc) is 3.14. The van der Waals surface area contributed by atoms with E-state index >= 15 is 0 Å². The van der Waals surface area contributed by atoms with Crippen molar-refractivity contribution in [3.8, 4) is 0 Å². The van der Waals surface area contributed by atoms with Gasteiger partial charge in [-0.3, -0.25) is 4.79 Å². The molecule has 164 valence electrons. The van der Waals surface area contributed by atoms with Gasteiger partial charge in [0.15, 0.2) is 0 Å². The van der Waals surface area contributed by atoms with E-state index in [1.807, 2.05) is 26.0 Å². The zero-order valence-electron chi connectivity index (χ0n) is 17.7. The lowest BCUT2D eigenvalue weighted by molar-refractivity contribution is -0.120. The summed E-state index contributed by atoms with van der Waals surface area (Å²) >= 11 is 0. The third-order valence-corrected chi connectivity index (χ3v) is 7.66. The van der Waals surface area contributed by atoms with Gasteiger partial charge in [0.2, 0.25) is 15.9 Å². The molecule has 8 heteroatoms. The molecule has 1 aromatic heterocycles. The van der Waals surface area contributed by atoms with Gasteiger partial charge in [0.25, 0.3) is 0 Å². The number of fused-ring (bicyclic) bond motifs is 1. The fraction of sp³-hybridized carbons (Fsp3) is 0.348. The number of carbonyl (C=O) groups is 1. The van der Waals surface area contributed by atoms with Crippen LogP contribution in [0.5, 0.6) is 0 Å². The standard InChI is InChI=1S/C23H26N2O5S/c1-16-11-20-19(15-30-21(20)12-17(16)2)13-23(26)24-14-18-5-3-4-6-22(18)31(27,28)25-7-9-29-10-8-25/h3-6,11-12,15H,7-10,13-14H2,1-2H3,(H,24,26). The number of aryl methyl sites for hydroxylation is 2. The minimum Gasteiger partial charge on any atom is -0.464 e. The number of sulfonamides is 1. The van der Waals surface area contributed by atoms with Gasteiger partial charge >= 0.3 is 0 Å². The molecule has 31 heavy (non-hydrogen) atoms. The molecule has 0 radical (unpaired) electrons. The number of hydrogen-bond donors (Lipinski definition) is 1. The summed E-state index contributed by atoms with van der Waals surface area (Å²) in [5.74, 6) is -0.195. The quantitative estimate of drug-likeness (QED) is 0.634. The minimum atomic E-state index is -3.64. The van der Waals surface area contributed by atoms with Crippen molar-refractivity contribution < 1.29 is 22.4 Å². The zero-order chi connectivity index (χ0) is 22.0. The molecule has 1 aliphatic rings. The summed E-state index contributed by atoms with van der Waals surface area (Å²) in [5, 5.41) is 3.78. The van der Waals surface area contributed by atoms with E-state index in [1.54, 1.807) is 30.5 Å². The highest BCUT2D eigenvalue weighted by Gasteiger charge is 2.28. The van der Waals surface area contributed by atoms with Crippen LogP contribution in [-0.2, 0) is 32.5 Å². The average molecular weight is 443 g/mol. The Balaban J connectivity index is 1.48. The van der Waals surface area contributed by atoms with Crippen LogP contribution < -0.4 is 5.32 Å². The highest BCUT2D eigenvalue weighted by atomic mass is 32.2. The van der Waals surface area contributed by atoms with Crippen molar-refractivity contribution in [1.82, 2.24) is 9.62 Å². The molecule has 1 amide bonds. The molecule has 4 rings (SSSR count). The van der Waals surface area contributed by atoms with Crippen molar-refractivity contribution in [1.29, 1.82) is 0 Å².